The van der Waals surface area contributed by atoms with Gasteiger partial charge in [-0.2, -0.15) is 0 Å². The number of hydrogen-bond donors (Lipinski definition) is 1. The predicted molar refractivity (Wildman–Crippen MR) is 117 cm³/mol. The number of aromatic amines is 1. The van der Waals surface area contributed by atoms with Gasteiger partial charge in [-0.25, -0.2) is 0 Å². The number of aromatic nitrogens is 1. The van der Waals surface area contributed by atoms with Crippen LogP contribution >= 0.6 is 23.2 Å². The molecule has 0 bridgehead atoms. The highest BCUT2D eigenvalue weighted by Gasteiger charge is 2.20. The Bertz CT molecular complexity index is 1100. The lowest BCUT2D eigenvalue weighted by molar-refractivity contribution is -0.130. The molecule has 0 fully saturated rings. The number of nitrogens with one attached hydrogen (secondary N) is 1. The van der Waals surface area contributed by atoms with E-state index < -0.39 is 0 Å². The molecule has 148 valence electrons. The van der Waals surface area contributed by atoms with Crippen molar-refractivity contribution >= 4 is 51.4 Å². The molecule has 1 aliphatic heterocycles. The summed E-state index contributed by atoms with van der Waals surface area (Å²) in [6.07, 6.45) is 5.26. The molecule has 0 spiro atoms. The van der Waals surface area contributed by atoms with Crippen molar-refractivity contribution in [3.05, 3.63) is 75.9 Å². The van der Waals surface area contributed by atoms with E-state index in [0.717, 1.165) is 22.9 Å². The van der Waals surface area contributed by atoms with E-state index >= 15 is 0 Å². The van der Waals surface area contributed by atoms with Crippen LogP contribution in [-0.4, -0.2) is 34.7 Å². The van der Waals surface area contributed by atoms with Gasteiger partial charge in [0.25, 0.3) is 0 Å². The van der Waals surface area contributed by atoms with Crippen molar-refractivity contribution < 1.29 is 9.59 Å². The molecular weight excluding hydrogens is 407 g/mol. The number of hydrogen-bond acceptors (Lipinski definition) is 2. The van der Waals surface area contributed by atoms with Crippen molar-refractivity contribution in [3.63, 3.8) is 0 Å². The Morgan fingerprint density at radius 2 is 1.83 bits per heavy atom. The van der Waals surface area contributed by atoms with Gasteiger partial charge in [0.1, 0.15) is 0 Å². The molecule has 0 saturated carbocycles. The maximum atomic E-state index is 12.5. The van der Waals surface area contributed by atoms with Gasteiger partial charge in [-0.1, -0.05) is 41.4 Å². The maximum absolute atomic E-state index is 12.5. The van der Waals surface area contributed by atoms with Gasteiger partial charge in [-0.15, -0.1) is 0 Å². The van der Waals surface area contributed by atoms with Crippen molar-refractivity contribution in [1.29, 1.82) is 0 Å². The SMILES string of the molecule is O=C(CCC(=O)N1CC=C(c2c[nH]c3c(Cl)cccc23)CC1)c1ccc(Cl)cc1. The third-order valence-electron chi connectivity index (χ3n) is 5.30. The van der Waals surface area contributed by atoms with Gasteiger partial charge in [0.15, 0.2) is 5.78 Å². The number of H-pyrrole nitrogens is 1. The minimum atomic E-state index is -0.0427. The van der Waals surface area contributed by atoms with Crippen LogP contribution in [0.4, 0.5) is 0 Å². The molecule has 1 aromatic heterocycles. The number of benzene rings is 2. The second-order valence-corrected chi connectivity index (χ2v) is 7.96. The van der Waals surface area contributed by atoms with Crippen molar-refractivity contribution in [2.24, 2.45) is 0 Å². The summed E-state index contributed by atoms with van der Waals surface area (Å²) in [6, 6.07) is 12.6. The fourth-order valence-corrected chi connectivity index (χ4v) is 4.04. The van der Waals surface area contributed by atoms with E-state index in [2.05, 4.69) is 11.1 Å². The minimum Gasteiger partial charge on any atom is -0.359 e. The molecule has 4 nitrogen and oxygen atoms in total. The van der Waals surface area contributed by atoms with E-state index in [0.29, 0.717) is 28.7 Å². The number of fused-ring (bicyclic) bond motifs is 1. The summed E-state index contributed by atoms with van der Waals surface area (Å²) in [5, 5.41) is 2.38. The molecule has 6 heteroatoms. The monoisotopic (exact) mass is 426 g/mol. The first-order chi connectivity index (χ1) is 14.0. The highest BCUT2D eigenvalue weighted by Crippen LogP contribution is 2.32. The Hall–Kier alpha value is -2.56. The van der Waals surface area contributed by atoms with Crippen LogP contribution in [0.3, 0.4) is 0 Å². The topological polar surface area (TPSA) is 53.2 Å². The summed E-state index contributed by atoms with van der Waals surface area (Å²) in [7, 11) is 0. The second-order valence-electron chi connectivity index (χ2n) is 7.11. The molecule has 0 radical (unpaired) electrons. The molecule has 0 atom stereocenters. The molecule has 0 saturated heterocycles. The number of amides is 1. The zero-order valence-corrected chi connectivity index (χ0v) is 17.3. The first-order valence-corrected chi connectivity index (χ1v) is 10.3. The number of nitrogens with zero attached hydrogens (tertiary/aromatic N) is 1. The average Bonchev–Trinajstić information content (AvgIpc) is 3.18. The zero-order valence-electron chi connectivity index (χ0n) is 15.8. The molecule has 4 rings (SSSR count). The normalized spacial score (nSPS) is 14.1. The van der Waals surface area contributed by atoms with Gasteiger partial charge in [0, 0.05) is 53.7 Å². The van der Waals surface area contributed by atoms with Crippen molar-refractivity contribution in [3.8, 4) is 0 Å². The van der Waals surface area contributed by atoms with Gasteiger partial charge in [0.2, 0.25) is 5.91 Å². The van der Waals surface area contributed by atoms with Gasteiger partial charge >= 0.3 is 0 Å². The summed E-state index contributed by atoms with van der Waals surface area (Å²) < 4.78 is 0. The largest absolute Gasteiger partial charge is 0.359 e. The highest BCUT2D eigenvalue weighted by molar-refractivity contribution is 6.35. The summed E-state index contributed by atoms with van der Waals surface area (Å²) >= 11 is 12.1. The van der Waals surface area contributed by atoms with Crippen LogP contribution in [-0.2, 0) is 4.79 Å². The Balaban J connectivity index is 1.37. The van der Waals surface area contributed by atoms with Gasteiger partial charge in [-0.3, -0.25) is 9.59 Å². The Kier molecular flexibility index (Phi) is 5.74. The number of ketones is 1. The van der Waals surface area contributed by atoms with Crippen LogP contribution in [0.2, 0.25) is 10.0 Å². The van der Waals surface area contributed by atoms with E-state index in [1.165, 1.54) is 5.57 Å². The molecule has 1 aliphatic rings. The predicted octanol–water partition coefficient (Wildman–Crippen LogP) is 5.75. The molecule has 1 amide bonds. The average molecular weight is 427 g/mol. The van der Waals surface area contributed by atoms with Crippen LogP contribution in [0.15, 0.2) is 54.7 Å². The van der Waals surface area contributed by atoms with Crippen LogP contribution in [0.5, 0.6) is 0 Å². The van der Waals surface area contributed by atoms with Crippen LogP contribution in [0.25, 0.3) is 16.5 Å². The van der Waals surface area contributed by atoms with Gasteiger partial charge in [-0.05, 0) is 42.3 Å². The van der Waals surface area contributed by atoms with Crippen molar-refractivity contribution in [2.75, 3.05) is 13.1 Å². The third kappa shape index (κ3) is 4.24. The number of carbonyl (C=O) groups excluding carboxylic acids is 2. The van der Waals surface area contributed by atoms with E-state index in [1.807, 2.05) is 24.4 Å². The lowest BCUT2D eigenvalue weighted by Gasteiger charge is -2.26. The fraction of sp³-hybridized carbons (Fsp3) is 0.217. The minimum absolute atomic E-state index is 0.00425. The van der Waals surface area contributed by atoms with Gasteiger partial charge < -0.3 is 9.88 Å². The number of rotatable bonds is 5. The van der Waals surface area contributed by atoms with Crippen LogP contribution < -0.4 is 0 Å². The lowest BCUT2D eigenvalue weighted by atomic mass is 9.98. The smallest absolute Gasteiger partial charge is 0.223 e. The molecule has 0 aliphatic carbocycles. The fourth-order valence-electron chi connectivity index (χ4n) is 3.68. The van der Waals surface area contributed by atoms with E-state index in [9.17, 15) is 9.59 Å². The van der Waals surface area contributed by atoms with Crippen molar-refractivity contribution in [2.45, 2.75) is 19.3 Å². The molecule has 1 N–H and O–H groups in total. The molecular formula is C23H20Cl2N2O2. The van der Waals surface area contributed by atoms with Crippen LogP contribution in [0.1, 0.15) is 35.2 Å². The lowest BCUT2D eigenvalue weighted by Crippen LogP contribution is -2.34. The van der Waals surface area contributed by atoms with E-state index in [4.69, 9.17) is 23.2 Å². The van der Waals surface area contributed by atoms with E-state index in [1.54, 1.807) is 29.2 Å². The molecule has 2 aromatic carbocycles. The van der Waals surface area contributed by atoms with Crippen molar-refractivity contribution in [1.82, 2.24) is 9.88 Å². The summed E-state index contributed by atoms with van der Waals surface area (Å²) in [5.74, 6) is -0.0384. The highest BCUT2D eigenvalue weighted by atomic mass is 35.5. The number of halogens is 2. The molecule has 2 heterocycles. The van der Waals surface area contributed by atoms with Crippen LogP contribution in [0, 0.1) is 0 Å². The van der Waals surface area contributed by atoms with Gasteiger partial charge in [0.05, 0.1) is 10.5 Å². The third-order valence-corrected chi connectivity index (χ3v) is 5.87. The first kappa shape index (κ1) is 19.7. The number of carbonyl (C=O) groups is 2. The molecule has 29 heavy (non-hydrogen) atoms. The summed E-state index contributed by atoms with van der Waals surface area (Å²) in [5.41, 5.74) is 3.86. The summed E-state index contributed by atoms with van der Waals surface area (Å²) in [6.45, 7) is 1.20. The molecule has 0 unspecified atom stereocenters. The number of Topliss-reactive ketones (excluding diaryl/α,β-unsaturated/α-hetero) is 1. The number of para-hydroxylation sites is 1. The maximum Gasteiger partial charge on any atom is 0.223 e. The zero-order chi connectivity index (χ0) is 20.4. The summed E-state index contributed by atoms with van der Waals surface area (Å²) in [4.78, 5) is 29.8. The second kappa shape index (κ2) is 8.44. The standard InChI is InChI=1S/C23H20Cl2N2O2/c24-17-6-4-16(5-7-17)21(28)8-9-22(29)27-12-10-15(11-13-27)19-14-26-23-18(19)2-1-3-20(23)25/h1-7,10,14,26H,8-9,11-13H2. The molecule has 3 aromatic rings. The Morgan fingerprint density at radius 1 is 1.03 bits per heavy atom. The first-order valence-electron chi connectivity index (χ1n) is 9.54. The Labute approximate surface area is 179 Å². The quantitative estimate of drug-likeness (QED) is 0.527. The van der Waals surface area contributed by atoms with E-state index in [-0.39, 0.29) is 24.5 Å². The Morgan fingerprint density at radius 3 is 2.55 bits per heavy atom.